The van der Waals surface area contributed by atoms with Crippen LogP contribution >= 0.6 is 43.6 Å². The van der Waals surface area contributed by atoms with Crippen LogP contribution < -0.4 is 5.56 Å². The molecule has 1 aromatic heterocycles. The fourth-order valence-corrected chi connectivity index (χ4v) is 5.07. The molecule has 2 heterocycles. The summed E-state index contributed by atoms with van der Waals surface area (Å²) in [5, 5.41) is 1.06. The first kappa shape index (κ1) is 19.4. The van der Waals surface area contributed by atoms with Crippen LogP contribution in [0.5, 0.6) is 0 Å². The van der Waals surface area contributed by atoms with Crippen molar-refractivity contribution in [2.75, 3.05) is 5.75 Å². The number of carbonyl (C=O) groups is 1. The molecule has 0 aliphatic carbocycles. The van der Waals surface area contributed by atoms with Crippen LogP contribution in [-0.2, 0) is 11.5 Å². The second-order valence-electron chi connectivity index (χ2n) is 6.24. The zero-order valence-electron chi connectivity index (χ0n) is 14.7. The van der Waals surface area contributed by atoms with Crippen LogP contribution in [0.1, 0.15) is 5.56 Å². The normalized spacial score (nSPS) is 15.8. The number of hydrogen-bond acceptors (Lipinski definition) is 5. The number of benzene rings is 2. The van der Waals surface area contributed by atoms with E-state index in [2.05, 4.69) is 41.8 Å². The minimum Gasteiger partial charge on any atom is -0.280 e. The van der Waals surface area contributed by atoms with Gasteiger partial charge in [0.05, 0.1) is 28.7 Å². The van der Waals surface area contributed by atoms with Crippen molar-refractivity contribution in [3.8, 4) is 0 Å². The van der Waals surface area contributed by atoms with E-state index in [9.17, 15) is 9.59 Å². The van der Waals surface area contributed by atoms with Gasteiger partial charge in [0.25, 0.3) is 5.56 Å². The van der Waals surface area contributed by atoms with Crippen LogP contribution in [0, 0.1) is 6.92 Å². The number of aliphatic imine (C=N–C) groups is 1. The Balaban J connectivity index is 1.73. The van der Waals surface area contributed by atoms with Crippen molar-refractivity contribution in [1.82, 2.24) is 14.5 Å². The average Bonchev–Trinajstić information content (AvgIpc) is 2.99. The highest BCUT2D eigenvalue weighted by Gasteiger charge is 2.29. The van der Waals surface area contributed by atoms with Crippen molar-refractivity contribution < 1.29 is 4.79 Å². The van der Waals surface area contributed by atoms with Crippen LogP contribution in [0.2, 0.25) is 0 Å². The highest BCUT2D eigenvalue weighted by molar-refractivity contribution is 9.11. The summed E-state index contributed by atoms with van der Waals surface area (Å²) in [7, 11) is 0. The van der Waals surface area contributed by atoms with Crippen molar-refractivity contribution in [1.29, 1.82) is 0 Å². The molecule has 0 bridgehead atoms. The predicted molar refractivity (Wildman–Crippen MR) is 119 cm³/mol. The van der Waals surface area contributed by atoms with E-state index in [1.165, 1.54) is 27.6 Å². The second-order valence-corrected chi connectivity index (χ2v) is 8.95. The number of aryl methyl sites for hydroxylation is 1. The fourth-order valence-electron chi connectivity index (χ4n) is 2.86. The van der Waals surface area contributed by atoms with E-state index < -0.39 is 0 Å². The van der Waals surface area contributed by atoms with E-state index >= 15 is 0 Å². The molecule has 4 rings (SSSR count). The third-order valence-corrected chi connectivity index (χ3v) is 6.35. The lowest BCUT2D eigenvalue weighted by molar-refractivity contribution is -0.125. The zero-order valence-corrected chi connectivity index (χ0v) is 18.7. The summed E-state index contributed by atoms with van der Waals surface area (Å²) in [5.74, 6) is 0.220. The molecule has 28 heavy (non-hydrogen) atoms. The first-order valence-corrected chi connectivity index (χ1v) is 10.9. The smallest absolute Gasteiger partial charge is 0.262 e. The maximum absolute atomic E-state index is 12.9. The number of aromatic nitrogens is 2. The number of fused-ring (bicyclic) bond motifs is 1. The predicted octanol–water partition coefficient (Wildman–Crippen LogP) is 4.45. The summed E-state index contributed by atoms with van der Waals surface area (Å²) in [6, 6.07) is 11.3. The number of rotatable bonds is 3. The van der Waals surface area contributed by atoms with Crippen molar-refractivity contribution in [2.45, 2.75) is 13.6 Å². The van der Waals surface area contributed by atoms with Gasteiger partial charge in [-0.25, -0.2) is 9.98 Å². The average molecular weight is 522 g/mol. The summed E-state index contributed by atoms with van der Waals surface area (Å²) in [6.07, 6.45) is 1.46. The summed E-state index contributed by atoms with van der Waals surface area (Å²) in [5.41, 5.74) is 2.20. The van der Waals surface area contributed by atoms with E-state index in [0.29, 0.717) is 21.8 Å². The van der Waals surface area contributed by atoms with E-state index in [1.807, 2.05) is 37.3 Å². The molecule has 6 nitrogen and oxygen atoms in total. The summed E-state index contributed by atoms with van der Waals surface area (Å²) >= 11 is 8.20. The maximum Gasteiger partial charge on any atom is 0.262 e. The molecule has 3 aromatic rings. The van der Waals surface area contributed by atoms with Crippen LogP contribution in [0.25, 0.3) is 10.9 Å². The molecule has 0 radical (unpaired) electrons. The van der Waals surface area contributed by atoms with Crippen molar-refractivity contribution in [2.24, 2.45) is 4.99 Å². The van der Waals surface area contributed by atoms with Gasteiger partial charge in [-0.15, -0.1) is 0 Å². The molecule has 1 aliphatic rings. The van der Waals surface area contributed by atoms with Gasteiger partial charge in [-0.3, -0.25) is 19.1 Å². The topological polar surface area (TPSA) is 67.6 Å². The minimum absolute atomic E-state index is 0.0719. The number of nitrogens with zero attached hydrogens (tertiary/aromatic N) is 4. The third kappa shape index (κ3) is 3.66. The van der Waals surface area contributed by atoms with Crippen LogP contribution in [-0.4, -0.2) is 31.3 Å². The lowest BCUT2D eigenvalue weighted by Gasteiger charge is -2.18. The number of halogens is 2. The standard InChI is InChI=1S/C19H14Br2N4O2S/c1-11-4-2-3-5-15(11)23-19-25(16(26)8-28-19)10-24-9-22-17-13(18(24)27)6-12(20)7-14(17)21/h2-7,9H,8,10H2,1H3. The van der Waals surface area contributed by atoms with Gasteiger partial charge in [0.2, 0.25) is 5.91 Å². The highest BCUT2D eigenvalue weighted by Crippen LogP contribution is 2.27. The van der Waals surface area contributed by atoms with Gasteiger partial charge in [0, 0.05) is 8.95 Å². The molecule has 2 aromatic carbocycles. The summed E-state index contributed by atoms with van der Waals surface area (Å²) in [6.45, 7) is 2.04. The van der Waals surface area contributed by atoms with Crippen molar-refractivity contribution in [3.63, 3.8) is 0 Å². The number of thioether (sulfide) groups is 1. The molecule has 1 amide bonds. The number of para-hydroxylation sites is 1. The quantitative estimate of drug-likeness (QED) is 0.510. The van der Waals surface area contributed by atoms with E-state index in [1.54, 1.807) is 6.07 Å². The molecule has 0 N–H and O–H groups in total. The minimum atomic E-state index is -0.216. The van der Waals surface area contributed by atoms with Gasteiger partial charge < -0.3 is 0 Å². The Morgan fingerprint density at radius 2 is 2.00 bits per heavy atom. The van der Waals surface area contributed by atoms with Crippen LogP contribution in [0.3, 0.4) is 0 Å². The molecule has 1 aliphatic heterocycles. The Kier molecular flexibility index (Phi) is 5.39. The molecule has 142 valence electrons. The van der Waals surface area contributed by atoms with Gasteiger partial charge in [0.1, 0.15) is 6.67 Å². The van der Waals surface area contributed by atoms with Crippen LogP contribution in [0.15, 0.2) is 61.5 Å². The Hall–Kier alpha value is -1.97. The highest BCUT2D eigenvalue weighted by atomic mass is 79.9. The first-order chi connectivity index (χ1) is 13.4. The number of carbonyl (C=O) groups excluding carboxylic acids is 1. The molecule has 0 unspecified atom stereocenters. The van der Waals surface area contributed by atoms with Crippen LogP contribution in [0.4, 0.5) is 5.69 Å². The van der Waals surface area contributed by atoms with E-state index in [4.69, 9.17) is 0 Å². The van der Waals surface area contributed by atoms with Gasteiger partial charge in [-0.1, -0.05) is 45.9 Å². The molecule has 1 fully saturated rings. The molecule has 0 saturated carbocycles. The van der Waals surface area contributed by atoms with E-state index in [-0.39, 0.29) is 18.1 Å². The first-order valence-electron chi connectivity index (χ1n) is 8.36. The molecule has 0 spiro atoms. The van der Waals surface area contributed by atoms with Gasteiger partial charge in [0.15, 0.2) is 5.17 Å². The number of amides is 1. The summed E-state index contributed by atoms with van der Waals surface area (Å²) in [4.78, 5) is 35.9. The molecular formula is C19H14Br2N4O2S. The van der Waals surface area contributed by atoms with Crippen molar-refractivity contribution in [3.05, 3.63) is 67.6 Å². The zero-order chi connectivity index (χ0) is 19.8. The second kappa shape index (κ2) is 7.81. The Bertz CT molecular complexity index is 1190. The lowest BCUT2D eigenvalue weighted by atomic mass is 10.2. The molecular weight excluding hydrogens is 508 g/mol. The number of hydrogen-bond donors (Lipinski definition) is 0. The Labute approximate surface area is 181 Å². The number of amidine groups is 1. The largest absolute Gasteiger partial charge is 0.280 e. The van der Waals surface area contributed by atoms with E-state index in [0.717, 1.165) is 20.2 Å². The lowest BCUT2D eigenvalue weighted by Crippen LogP contribution is -2.36. The molecule has 1 saturated heterocycles. The SMILES string of the molecule is Cc1ccccc1N=C1SCC(=O)N1Cn1cnc2c(Br)cc(Br)cc2c1=O. The Morgan fingerprint density at radius 1 is 1.21 bits per heavy atom. The fraction of sp³-hybridized carbons (Fsp3) is 0.158. The molecule has 0 atom stereocenters. The third-order valence-electron chi connectivity index (χ3n) is 4.33. The summed E-state index contributed by atoms with van der Waals surface area (Å²) < 4.78 is 2.94. The van der Waals surface area contributed by atoms with Gasteiger partial charge in [-0.2, -0.15) is 0 Å². The van der Waals surface area contributed by atoms with Gasteiger partial charge >= 0.3 is 0 Å². The Morgan fingerprint density at radius 3 is 2.79 bits per heavy atom. The van der Waals surface area contributed by atoms with Crippen molar-refractivity contribution >= 4 is 71.3 Å². The molecule has 9 heteroatoms. The van der Waals surface area contributed by atoms with Gasteiger partial charge in [-0.05, 0) is 46.6 Å². The monoisotopic (exact) mass is 520 g/mol. The maximum atomic E-state index is 12.9.